The van der Waals surface area contributed by atoms with Crippen molar-refractivity contribution in [1.82, 2.24) is 0 Å². The van der Waals surface area contributed by atoms with Crippen LogP contribution in [0, 0.1) is 0 Å². The van der Waals surface area contributed by atoms with E-state index < -0.39 is 5.41 Å². The molecule has 1 spiro atoms. The molecule has 0 saturated carbocycles. The van der Waals surface area contributed by atoms with Crippen molar-refractivity contribution in [3.05, 3.63) is 220 Å². The van der Waals surface area contributed by atoms with Crippen LogP contribution in [0.1, 0.15) is 58.4 Å². The zero-order chi connectivity index (χ0) is 37.2. The summed E-state index contributed by atoms with van der Waals surface area (Å²) in [6.07, 6.45) is 4.59. The van der Waals surface area contributed by atoms with Gasteiger partial charge in [-0.2, -0.15) is 0 Å². The van der Waals surface area contributed by atoms with Gasteiger partial charge in [-0.1, -0.05) is 166 Å². The molecule has 56 heavy (non-hydrogen) atoms. The molecule has 9 aromatic rings. The van der Waals surface area contributed by atoms with Crippen molar-refractivity contribution < 1.29 is 4.42 Å². The van der Waals surface area contributed by atoms with Crippen LogP contribution < -0.4 is 4.90 Å². The van der Waals surface area contributed by atoms with Gasteiger partial charge in [-0.3, -0.25) is 0 Å². The van der Waals surface area contributed by atoms with E-state index in [4.69, 9.17) is 4.42 Å². The Morgan fingerprint density at radius 1 is 0.411 bits per heavy atom. The van der Waals surface area contributed by atoms with Crippen LogP contribution in [-0.2, 0) is 10.8 Å². The molecule has 0 N–H and O–H groups in total. The third-order valence-electron chi connectivity index (χ3n) is 12.9. The Balaban J connectivity index is 1.14. The van der Waals surface area contributed by atoms with Crippen molar-refractivity contribution in [2.75, 3.05) is 4.90 Å². The van der Waals surface area contributed by atoms with Crippen LogP contribution in [0.3, 0.4) is 0 Å². The lowest BCUT2D eigenvalue weighted by Crippen LogP contribution is -2.29. The van der Waals surface area contributed by atoms with Gasteiger partial charge in [0.2, 0.25) is 0 Å². The highest BCUT2D eigenvalue weighted by Crippen LogP contribution is 2.60. The molecule has 1 aromatic heterocycles. The molecule has 12 rings (SSSR count). The maximum Gasteiger partial charge on any atom is 0.159 e. The van der Waals surface area contributed by atoms with Crippen LogP contribution in [-0.4, -0.2) is 0 Å². The van der Waals surface area contributed by atoms with Gasteiger partial charge in [0.1, 0.15) is 5.58 Å². The van der Waals surface area contributed by atoms with Crippen molar-refractivity contribution in [2.24, 2.45) is 0 Å². The number of fused-ring (bicyclic) bond motifs is 15. The average molecular weight is 716 g/mol. The molecular formula is C54H37NO. The van der Waals surface area contributed by atoms with Gasteiger partial charge in [-0.05, 0) is 103 Å². The number of hydrogen-bond donors (Lipinski definition) is 0. The summed E-state index contributed by atoms with van der Waals surface area (Å²) in [4.78, 5) is 2.43. The lowest BCUT2D eigenvalue weighted by Gasteiger charge is -2.35. The summed E-state index contributed by atoms with van der Waals surface area (Å²) in [6.45, 7) is 4.71. The van der Waals surface area contributed by atoms with E-state index in [9.17, 15) is 0 Å². The minimum Gasteiger partial charge on any atom is -0.454 e. The first-order valence-corrected chi connectivity index (χ1v) is 19.6. The van der Waals surface area contributed by atoms with Crippen LogP contribution in [0.25, 0.3) is 56.3 Å². The van der Waals surface area contributed by atoms with E-state index in [0.29, 0.717) is 0 Å². The zero-order valence-electron chi connectivity index (χ0n) is 31.3. The van der Waals surface area contributed by atoms with Gasteiger partial charge in [-0.25, -0.2) is 0 Å². The van der Waals surface area contributed by atoms with Gasteiger partial charge in [-0.15, -0.1) is 0 Å². The number of para-hydroxylation sites is 2. The normalized spacial score (nSPS) is 14.8. The minimum atomic E-state index is -0.478. The van der Waals surface area contributed by atoms with E-state index >= 15 is 0 Å². The highest BCUT2D eigenvalue weighted by molar-refractivity contribution is 6.10. The van der Waals surface area contributed by atoms with Gasteiger partial charge in [0, 0.05) is 27.6 Å². The van der Waals surface area contributed by atoms with Gasteiger partial charge in [0.25, 0.3) is 0 Å². The summed E-state index contributed by atoms with van der Waals surface area (Å²) in [6, 6.07) is 65.0. The molecule has 1 heterocycles. The number of anilines is 3. The number of benzene rings is 8. The van der Waals surface area contributed by atoms with E-state index in [-0.39, 0.29) is 5.41 Å². The van der Waals surface area contributed by atoms with Crippen molar-refractivity contribution in [3.8, 4) is 22.3 Å². The van der Waals surface area contributed by atoms with E-state index in [1.54, 1.807) is 0 Å². The van der Waals surface area contributed by atoms with Crippen LogP contribution >= 0.6 is 0 Å². The minimum absolute atomic E-state index is 0.142. The van der Waals surface area contributed by atoms with Crippen molar-refractivity contribution in [2.45, 2.75) is 24.7 Å². The van der Waals surface area contributed by atoms with Crippen molar-refractivity contribution in [1.29, 1.82) is 0 Å². The molecule has 2 heteroatoms. The van der Waals surface area contributed by atoms with E-state index in [0.717, 1.165) is 39.0 Å². The van der Waals surface area contributed by atoms with Crippen LogP contribution in [0.5, 0.6) is 0 Å². The third kappa shape index (κ3) is 4.06. The van der Waals surface area contributed by atoms with E-state index in [1.165, 1.54) is 66.8 Å². The van der Waals surface area contributed by atoms with E-state index in [2.05, 4.69) is 207 Å². The summed E-state index contributed by atoms with van der Waals surface area (Å²) in [5.74, 6) is 0. The standard InChI is InChI=1S/C54H37NO/c1-53(2)46-22-10-5-16-38(46)40-30-28-37(33-49(40)53)55(50-24-13-19-42-41-18-7-12-25-51(41)56-52(42)50)36-29-31-48-43(32-36)39-17-6-11-23-47(39)54(48)44-20-8-3-14-34(44)26-27-35-15-4-9-21-45(35)54/h3-33H,1-2H3. The predicted molar refractivity (Wildman–Crippen MR) is 232 cm³/mol. The van der Waals surface area contributed by atoms with Gasteiger partial charge < -0.3 is 9.32 Å². The molecule has 264 valence electrons. The second kappa shape index (κ2) is 11.3. The second-order valence-corrected chi connectivity index (χ2v) is 16.0. The highest BCUT2D eigenvalue weighted by atomic mass is 16.3. The second-order valence-electron chi connectivity index (χ2n) is 16.0. The number of hydrogen-bond acceptors (Lipinski definition) is 2. The van der Waals surface area contributed by atoms with Crippen LogP contribution in [0.15, 0.2) is 180 Å². The molecule has 0 atom stereocenters. The molecular weight excluding hydrogens is 679 g/mol. The molecule has 0 aliphatic heterocycles. The smallest absolute Gasteiger partial charge is 0.159 e. The van der Waals surface area contributed by atoms with Gasteiger partial charge in [0.15, 0.2) is 5.58 Å². The average Bonchev–Trinajstić information content (AvgIpc) is 3.80. The van der Waals surface area contributed by atoms with Gasteiger partial charge in [0.05, 0.1) is 11.1 Å². The first-order chi connectivity index (χ1) is 27.5. The highest BCUT2D eigenvalue weighted by Gasteiger charge is 2.48. The molecule has 0 bridgehead atoms. The Morgan fingerprint density at radius 3 is 1.73 bits per heavy atom. The molecule has 0 unspecified atom stereocenters. The van der Waals surface area contributed by atoms with Crippen molar-refractivity contribution >= 4 is 51.2 Å². The third-order valence-corrected chi connectivity index (χ3v) is 12.9. The van der Waals surface area contributed by atoms with Crippen molar-refractivity contribution in [3.63, 3.8) is 0 Å². The fourth-order valence-corrected chi connectivity index (χ4v) is 10.5. The predicted octanol–water partition coefficient (Wildman–Crippen LogP) is 14.2. The monoisotopic (exact) mass is 715 g/mol. The SMILES string of the molecule is CC1(C)c2ccccc2-c2ccc(N(c3ccc4c(c3)-c3ccccc3C43c4ccccc4C=Cc4ccccc43)c3cccc4c3oc3ccccc34)cc21. The summed E-state index contributed by atoms with van der Waals surface area (Å²) < 4.78 is 6.77. The summed E-state index contributed by atoms with van der Waals surface area (Å²) in [5, 5.41) is 2.24. The Hall–Kier alpha value is -6.90. The topological polar surface area (TPSA) is 16.4 Å². The molecule has 0 fully saturated rings. The van der Waals surface area contributed by atoms with Crippen LogP contribution in [0.2, 0.25) is 0 Å². The molecule has 2 nitrogen and oxygen atoms in total. The number of nitrogens with zero attached hydrogens (tertiary/aromatic N) is 1. The molecule has 0 amide bonds. The Labute approximate surface area is 326 Å². The zero-order valence-corrected chi connectivity index (χ0v) is 31.3. The summed E-state index contributed by atoms with van der Waals surface area (Å²) >= 11 is 0. The maximum absolute atomic E-state index is 6.77. The fourth-order valence-electron chi connectivity index (χ4n) is 10.5. The first kappa shape index (κ1) is 31.5. The quantitative estimate of drug-likeness (QED) is 0.181. The summed E-state index contributed by atoms with van der Waals surface area (Å²) in [5.41, 5.74) is 19.9. The fraction of sp³-hybridized carbons (Fsp3) is 0.0741. The van der Waals surface area contributed by atoms with Crippen LogP contribution in [0.4, 0.5) is 17.1 Å². The Morgan fingerprint density at radius 2 is 0.964 bits per heavy atom. The molecule has 3 aliphatic rings. The van der Waals surface area contributed by atoms with E-state index in [1.807, 2.05) is 0 Å². The molecule has 3 aliphatic carbocycles. The lowest BCUT2D eigenvalue weighted by atomic mass is 9.66. The van der Waals surface area contributed by atoms with Gasteiger partial charge >= 0.3 is 0 Å². The Bertz CT molecular complexity index is 3090. The largest absolute Gasteiger partial charge is 0.454 e. The maximum atomic E-state index is 6.77. The number of furan rings is 1. The molecule has 0 saturated heterocycles. The summed E-state index contributed by atoms with van der Waals surface area (Å²) in [7, 11) is 0. The lowest BCUT2D eigenvalue weighted by molar-refractivity contribution is 0.660. The molecule has 8 aromatic carbocycles. The first-order valence-electron chi connectivity index (χ1n) is 19.6. The number of rotatable bonds is 3. The Kier molecular flexibility index (Phi) is 6.36. The molecule has 0 radical (unpaired) electrons.